The van der Waals surface area contributed by atoms with E-state index in [1.54, 1.807) is 27.1 Å². The predicted molar refractivity (Wildman–Crippen MR) is 138 cm³/mol. The van der Waals surface area contributed by atoms with Gasteiger partial charge in [-0.25, -0.2) is 9.97 Å². The van der Waals surface area contributed by atoms with Gasteiger partial charge in [-0.15, -0.1) is 0 Å². The zero-order valence-corrected chi connectivity index (χ0v) is 21.0. The molecule has 0 radical (unpaired) electrons. The molecule has 3 aromatic heterocycles. The van der Waals surface area contributed by atoms with E-state index in [2.05, 4.69) is 30.2 Å². The van der Waals surface area contributed by atoms with Gasteiger partial charge >= 0.3 is 0 Å². The van der Waals surface area contributed by atoms with Crippen molar-refractivity contribution in [3.05, 3.63) is 62.2 Å². The third kappa shape index (κ3) is 4.42. The van der Waals surface area contributed by atoms with Crippen LogP contribution in [-0.4, -0.2) is 50.8 Å². The molecule has 0 aliphatic carbocycles. The second-order valence-corrected chi connectivity index (χ2v) is 9.04. The van der Waals surface area contributed by atoms with Crippen molar-refractivity contribution < 1.29 is 4.74 Å². The van der Waals surface area contributed by atoms with E-state index in [4.69, 9.17) is 27.9 Å². The van der Waals surface area contributed by atoms with Crippen molar-refractivity contribution in [2.45, 2.75) is 13.8 Å². The lowest BCUT2D eigenvalue weighted by Crippen LogP contribution is -2.36. The molecule has 4 heterocycles. The smallest absolute Gasteiger partial charge is 0.278 e. The van der Waals surface area contributed by atoms with Gasteiger partial charge < -0.3 is 15.0 Å². The Hall–Kier alpha value is -3.27. The molecule has 5 rings (SSSR count). The molecule has 35 heavy (non-hydrogen) atoms. The van der Waals surface area contributed by atoms with Crippen LogP contribution in [0.15, 0.2) is 35.3 Å². The third-order valence-corrected chi connectivity index (χ3v) is 6.88. The zero-order chi connectivity index (χ0) is 24.7. The molecule has 1 saturated heterocycles. The van der Waals surface area contributed by atoms with Crippen LogP contribution in [0.5, 0.6) is 0 Å². The summed E-state index contributed by atoms with van der Waals surface area (Å²) in [6.07, 6.45) is 1.57. The van der Waals surface area contributed by atoms with E-state index in [0.29, 0.717) is 44.1 Å². The topological polar surface area (TPSA) is 98.1 Å². The Morgan fingerprint density at radius 2 is 1.63 bits per heavy atom. The van der Waals surface area contributed by atoms with Crippen LogP contribution < -0.4 is 15.8 Å². The van der Waals surface area contributed by atoms with Crippen molar-refractivity contribution in [2.75, 3.05) is 36.5 Å². The van der Waals surface area contributed by atoms with Gasteiger partial charge in [0.2, 0.25) is 5.95 Å². The number of ether oxygens (including phenoxy) is 1. The number of rotatable bonds is 4. The van der Waals surface area contributed by atoms with E-state index in [1.807, 2.05) is 24.3 Å². The summed E-state index contributed by atoms with van der Waals surface area (Å²) in [7, 11) is 1.63. The van der Waals surface area contributed by atoms with E-state index >= 15 is 0 Å². The largest absolute Gasteiger partial charge is 0.378 e. The van der Waals surface area contributed by atoms with Crippen molar-refractivity contribution in [1.82, 2.24) is 24.5 Å². The van der Waals surface area contributed by atoms with Crippen molar-refractivity contribution >= 4 is 51.7 Å². The van der Waals surface area contributed by atoms with Crippen LogP contribution in [0.1, 0.15) is 11.4 Å². The minimum absolute atomic E-state index is 0.131. The predicted octanol–water partition coefficient (Wildman–Crippen LogP) is 4.29. The molecule has 0 saturated carbocycles. The SMILES string of the molecule is Cc1nc(C)c(Cl)c(-c2nc3cnc(Nc4ccc(N5CCOCC5)cc4)nc3n(C)c2=O)c1Cl. The molecule has 1 N–H and O–H groups in total. The highest BCUT2D eigenvalue weighted by atomic mass is 35.5. The summed E-state index contributed by atoms with van der Waals surface area (Å²) in [5.41, 5.74) is 4.06. The van der Waals surface area contributed by atoms with Crippen molar-refractivity contribution in [3.8, 4) is 11.3 Å². The molecule has 1 aliphatic heterocycles. The van der Waals surface area contributed by atoms with Gasteiger partial charge in [-0.2, -0.15) is 4.98 Å². The van der Waals surface area contributed by atoms with Gasteiger partial charge in [0.1, 0.15) is 11.2 Å². The Kier molecular flexibility index (Phi) is 6.31. The highest BCUT2D eigenvalue weighted by Gasteiger charge is 2.21. The molecule has 0 unspecified atom stereocenters. The molecule has 0 atom stereocenters. The zero-order valence-electron chi connectivity index (χ0n) is 19.5. The van der Waals surface area contributed by atoms with Crippen LogP contribution >= 0.6 is 23.2 Å². The van der Waals surface area contributed by atoms with Crippen LogP contribution in [-0.2, 0) is 11.8 Å². The maximum absolute atomic E-state index is 13.2. The fourth-order valence-corrected chi connectivity index (χ4v) is 4.56. The maximum Gasteiger partial charge on any atom is 0.278 e. The van der Waals surface area contributed by atoms with Crippen LogP contribution in [0.2, 0.25) is 10.0 Å². The average Bonchev–Trinajstić information content (AvgIpc) is 2.87. The fraction of sp³-hybridized carbons (Fsp3) is 0.292. The molecule has 4 aromatic rings. The van der Waals surface area contributed by atoms with Gasteiger partial charge in [0.15, 0.2) is 5.65 Å². The Balaban J connectivity index is 1.48. The Morgan fingerprint density at radius 3 is 2.29 bits per heavy atom. The van der Waals surface area contributed by atoms with Crippen LogP contribution in [0.4, 0.5) is 17.3 Å². The van der Waals surface area contributed by atoms with E-state index in [9.17, 15) is 4.79 Å². The number of halogens is 2. The summed E-state index contributed by atoms with van der Waals surface area (Å²) >= 11 is 12.9. The molecular weight excluding hydrogens is 489 g/mol. The number of hydrogen-bond acceptors (Lipinski definition) is 8. The number of benzene rings is 1. The molecule has 1 fully saturated rings. The van der Waals surface area contributed by atoms with Gasteiger partial charge in [0, 0.05) is 37.1 Å². The first kappa shape index (κ1) is 23.5. The van der Waals surface area contributed by atoms with Crippen molar-refractivity contribution in [3.63, 3.8) is 0 Å². The number of anilines is 3. The van der Waals surface area contributed by atoms with Gasteiger partial charge in [0.25, 0.3) is 5.56 Å². The lowest BCUT2D eigenvalue weighted by atomic mass is 10.1. The van der Waals surface area contributed by atoms with E-state index in [1.165, 1.54) is 4.57 Å². The monoisotopic (exact) mass is 511 g/mol. The fourth-order valence-electron chi connectivity index (χ4n) is 4.06. The van der Waals surface area contributed by atoms with E-state index < -0.39 is 0 Å². The third-order valence-electron chi connectivity index (χ3n) is 5.95. The van der Waals surface area contributed by atoms with Gasteiger partial charge in [0.05, 0.1) is 40.8 Å². The lowest BCUT2D eigenvalue weighted by molar-refractivity contribution is 0.122. The molecule has 11 heteroatoms. The normalized spacial score (nSPS) is 13.9. The number of aryl methyl sites for hydroxylation is 3. The summed E-state index contributed by atoms with van der Waals surface area (Å²) in [6.45, 7) is 6.73. The molecule has 9 nitrogen and oxygen atoms in total. The van der Waals surface area contributed by atoms with Crippen LogP contribution in [0.25, 0.3) is 22.4 Å². The average molecular weight is 512 g/mol. The number of nitrogens with one attached hydrogen (secondary N) is 1. The first-order chi connectivity index (χ1) is 16.8. The summed E-state index contributed by atoms with van der Waals surface area (Å²) < 4.78 is 6.84. The second kappa shape index (κ2) is 9.41. The number of fused-ring (bicyclic) bond motifs is 1. The maximum atomic E-state index is 13.2. The quantitative estimate of drug-likeness (QED) is 0.433. The van der Waals surface area contributed by atoms with E-state index in [0.717, 1.165) is 37.7 Å². The Bertz CT molecular complexity index is 1460. The first-order valence-electron chi connectivity index (χ1n) is 11.1. The second-order valence-electron chi connectivity index (χ2n) is 8.28. The number of hydrogen-bond donors (Lipinski definition) is 1. The standard InChI is InChI=1S/C24H23Cl2N7O2/c1-13-19(25)18(20(26)14(2)28-13)21-23(34)32(3)22-17(30-21)12-27-24(31-22)29-15-4-6-16(7-5-15)33-8-10-35-11-9-33/h4-7,12H,8-11H2,1-3H3,(H,27,29,31). The van der Waals surface area contributed by atoms with Crippen molar-refractivity contribution in [1.29, 1.82) is 0 Å². The number of nitrogens with zero attached hydrogens (tertiary/aromatic N) is 6. The first-order valence-corrected chi connectivity index (χ1v) is 11.8. The summed E-state index contributed by atoms with van der Waals surface area (Å²) in [5.74, 6) is 0.354. The summed E-state index contributed by atoms with van der Waals surface area (Å²) in [6, 6.07) is 8.03. The highest BCUT2D eigenvalue weighted by Crippen LogP contribution is 2.35. The minimum atomic E-state index is -0.370. The molecule has 0 spiro atoms. The van der Waals surface area contributed by atoms with Gasteiger partial charge in [-0.3, -0.25) is 14.3 Å². The molecule has 1 aromatic carbocycles. The number of pyridine rings is 1. The minimum Gasteiger partial charge on any atom is -0.378 e. The van der Waals surface area contributed by atoms with Crippen LogP contribution in [0, 0.1) is 13.8 Å². The number of morpholine rings is 1. The van der Waals surface area contributed by atoms with Gasteiger partial charge in [-0.1, -0.05) is 23.2 Å². The number of aromatic nitrogens is 5. The van der Waals surface area contributed by atoms with Crippen LogP contribution in [0.3, 0.4) is 0 Å². The molecular formula is C24H23Cl2N7O2. The summed E-state index contributed by atoms with van der Waals surface area (Å²) in [5, 5.41) is 3.78. The summed E-state index contributed by atoms with van der Waals surface area (Å²) in [4.78, 5) is 33.3. The Morgan fingerprint density at radius 1 is 0.971 bits per heavy atom. The Labute approximate surface area is 211 Å². The van der Waals surface area contributed by atoms with Crippen molar-refractivity contribution in [2.24, 2.45) is 7.05 Å². The highest BCUT2D eigenvalue weighted by molar-refractivity contribution is 6.39. The molecule has 0 amide bonds. The lowest BCUT2D eigenvalue weighted by Gasteiger charge is -2.28. The molecule has 1 aliphatic rings. The molecule has 180 valence electrons. The van der Waals surface area contributed by atoms with Gasteiger partial charge in [-0.05, 0) is 38.1 Å². The van der Waals surface area contributed by atoms with E-state index in [-0.39, 0.29) is 11.3 Å². The molecule has 0 bridgehead atoms.